The maximum atomic E-state index is 11.1. The number of ether oxygens (including phenoxy) is 2. The molecule has 0 bridgehead atoms. The quantitative estimate of drug-likeness (QED) is 0.416. The average Bonchev–Trinajstić information content (AvgIpc) is 2.17. The van der Waals surface area contributed by atoms with Crippen molar-refractivity contribution in [3.05, 3.63) is 0 Å². The van der Waals surface area contributed by atoms with Crippen LogP contribution in [0.1, 0.15) is 12.8 Å². The molecule has 0 aromatic carbocycles. The fourth-order valence-electron chi connectivity index (χ4n) is 0.951. The predicted molar refractivity (Wildman–Crippen MR) is 49.1 cm³/mol. The van der Waals surface area contributed by atoms with Crippen molar-refractivity contribution in [2.45, 2.75) is 18.9 Å². The number of carbonyl (C=O) groups excluding carboxylic acids is 1. The van der Waals surface area contributed by atoms with Crippen molar-refractivity contribution in [3.63, 3.8) is 0 Å². The third-order valence-corrected chi connectivity index (χ3v) is 1.66. The Morgan fingerprint density at radius 1 is 1.54 bits per heavy atom. The second-order valence-corrected chi connectivity index (χ2v) is 2.64. The van der Waals surface area contributed by atoms with E-state index in [2.05, 4.69) is 10.1 Å². The van der Waals surface area contributed by atoms with Crippen LogP contribution in [-0.2, 0) is 14.3 Å². The zero-order valence-corrected chi connectivity index (χ0v) is 8.21. The van der Waals surface area contributed by atoms with Gasteiger partial charge in [0.2, 0.25) is 0 Å². The van der Waals surface area contributed by atoms with Gasteiger partial charge in [-0.3, -0.25) is 10.1 Å². The van der Waals surface area contributed by atoms with E-state index in [1.807, 2.05) is 0 Å². The molecular weight excluding hydrogens is 172 g/mol. The number of methoxy groups -OCH3 is 2. The van der Waals surface area contributed by atoms with Gasteiger partial charge in [-0.25, -0.2) is 0 Å². The molecule has 3 N–H and O–H groups in total. The first-order valence-electron chi connectivity index (χ1n) is 4.26. The van der Waals surface area contributed by atoms with Crippen LogP contribution in [0, 0.1) is 0 Å². The molecule has 0 spiro atoms. The van der Waals surface area contributed by atoms with Gasteiger partial charge in [0.05, 0.1) is 13.8 Å². The van der Waals surface area contributed by atoms with Gasteiger partial charge in [0.25, 0.3) is 0 Å². The molecule has 5 heteroatoms. The Labute approximate surface area is 78.6 Å². The fraction of sp³-hybridized carbons (Fsp3) is 0.875. The van der Waals surface area contributed by atoms with Gasteiger partial charge in [-0.05, 0) is 19.4 Å². The standard InChI is InChI=1S/C8H18N2O3/c1-12-6-10-7(4-3-5-9)8(11)13-2/h7,10H,3-6,9H2,1-2H3. The average molecular weight is 190 g/mol. The van der Waals surface area contributed by atoms with E-state index in [4.69, 9.17) is 10.5 Å². The predicted octanol–water partition coefficient (Wildman–Crippen LogP) is -0.540. The molecule has 0 saturated carbocycles. The number of esters is 1. The second kappa shape index (κ2) is 7.97. The first kappa shape index (κ1) is 12.3. The first-order chi connectivity index (χ1) is 6.26. The summed E-state index contributed by atoms with van der Waals surface area (Å²) in [4.78, 5) is 11.1. The van der Waals surface area contributed by atoms with Crippen molar-refractivity contribution in [1.29, 1.82) is 0 Å². The second-order valence-electron chi connectivity index (χ2n) is 2.64. The normalized spacial score (nSPS) is 12.5. The summed E-state index contributed by atoms with van der Waals surface area (Å²) in [5.74, 6) is -0.273. The Morgan fingerprint density at radius 2 is 2.23 bits per heavy atom. The summed E-state index contributed by atoms with van der Waals surface area (Å²) in [5.41, 5.74) is 5.34. The number of hydrogen-bond donors (Lipinski definition) is 2. The van der Waals surface area contributed by atoms with Crippen LogP contribution in [0.25, 0.3) is 0 Å². The Bertz CT molecular complexity index is 133. The summed E-state index contributed by atoms with van der Waals surface area (Å²) in [5, 5.41) is 2.90. The lowest BCUT2D eigenvalue weighted by molar-refractivity contribution is -0.143. The van der Waals surface area contributed by atoms with Crippen LogP contribution in [0.3, 0.4) is 0 Å². The van der Waals surface area contributed by atoms with Gasteiger partial charge in [0.1, 0.15) is 6.04 Å². The monoisotopic (exact) mass is 190 g/mol. The van der Waals surface area contributed by atoms with Crippen LogP contribution >= 0.6 is 0 Å². The summed E-state index contributed by atoms with van der Waals surface area (Å²) in [6.07, 6.45) is 1.46. The maximum absolute atomic E-state index is 11.1. The van der Waals surface area contributed by atoms with Gasteiger partial charge in [0.15, 0.2) is 0 Å². The van der Waals surface area contributed by atoms with E-state index in [-0.39, 0.29) is 12.0 Å². The Morgan fingerprint density at radius 3 is 2.69 bits per heavy atom. The Hall–Kier alpha value is -0.650. The molecule has 0 radical (unpaired) electrons. The summed E-state index contributed by atoms with van der Waals surface area (Å²) in [7, 11) is 2.93. The van der Waals surface area contributed by atoms with Gasteiger partial charge in [0, 0.05) is 7.11 Å². The minimum Gasteiger partial charge on any atom is -0.468 e. The van der Waals surface area contributed by atoms with Crippen molar-refractivity contribution in [3.8, 4) is 0 Å². The molecule has 5 nitrogen and oxygen atoms in total. The zero-order chi connectivity index (χ0) is 10.1. The molecule has 0 heterocycles. The Balaban J connectivity index is 3.79. The lowest BCUT2D eigenvalue weighted by Crippen LogP contribution is -2.39. The van der Waals surface area contributed by atoms with E-state index in [0.717, 1.165) is 6.42 Å². The fourth-order valence-corrected chi connectivity index (χ4v) is 0.951. The van der Waals surface area contributed by atoms with Crippen LogP contribution in [0.5, 0.6) is 0 Å². The van der Waals surface area contributed by atoms with Crippen LogP contribution < -0.4 is 11.1 Å². The van der Waals surface area contributed by atoms with E-state index in [1.54, 1.807) is 7.11 Å². The molecule has 0 saturated heterocycles. The molecule has 0 aromatic heterocycles. The van der Waals surface area contributed by atoms with Crippen LogP contribution in [0.4, 0.5) is 0 Å². The molecule has 0 aliphatic rings. The molecular formula is C8H18N2O3. The minimum absolute atomic E-state index is 0.273. The molecule has 0 aliphatic carbocycles. The maximum Gasteiger partial charge on any atom is 0.322 e. The summed E-state index contributed by atoms with van der Waals surface area (Å²) in [6.45, 7) is 0.909. The molecule has 78 valence electrons. The molecule has 1 unspecified atom stereocenters. The van der Waals surface area contributed by atoms with Crippen molar-refractivity contribution < 1.29 is 14.3 Å². The van der Waals surface area contributed by atoms with Crippen LogP contribution in [-0.4, -0.2) is 39.5 Å². The van der Waals surface area contributed by atoms with Crippen molar-refractivity contribution in [2.75, 3.05) is 27.5 Å². The highest BCUT2D eigenvalue weighted by Crippen LogP contribution is 1.98. The largest absolute Gasteiger partial charge is 0.468 e. The first-order valence-corrected chi connectivity index (χ1v) is 4.26. The number of hydrogen-bond acceptors (Lipinski definition) is 5. The number of nitrogens with two attached hydrogens (primary N) is 1. The molecule has 0 aromatic rings. The van der Waals surface area contributed by atoms with Crippen LogP contribution in [0.2, 0.25) is 0 Å². The van der Waals surface area contributed by atoms with Gasteiger partial charge in [-0.15, -0.1) is 0 Å². The summed E-state index contributed by atoms with van der Waals surface area (Å²) >= 11 is 0. The van der Waals surface area contributed by atoms with Gasteiger partial charge < -0.3 is 15.2 Å². The number of rotatable bonds is 7. The molecule has 0 amide bonds. The van der Waals surface area contributed by atoms with E-state index in [1.165, 1.54) is 7.11 Å². The number of carbonyl (C=O) groups is 1. The molecule has 0 rings (SSSR count). The highest BCUT2D eigenvalue weighted by Gasteiger charge is 2.16. The van der Waals surface area contributed by atoms with E-state index in [0.29, 0.717) is 19.7 Å². The third kappa shape index (κ3) is 5.57. The topological polar surface area (TPSA) is 73.6 Å². The summed E-state index contributed by atoms with van der Waals surface area (Å²) in [6, 6.07) is -0.312. The van der Waals surface area contributed by atoms with Crippen molar-refractivity contribution in [1.82, 2.24) is 5.32 Å². The smallest absolute Gasteiger partial charge is 0.322 e. The van der Waals surface area contributed by atoms with E-state index in [9.17, 15) is 4.79 Å². The molecule has 1 atom stereocenters. The molecule has 13 heavy (non-hydrogen) atoms. The summed E-state index contributed by atoms with van der Waals surface area (Å²) < 4.78 is 9.41. The number of nitrogens with one attached hydrogen (secondary N) is 1. The highest BCUT2D eigenvalue weighted by molar-refractivity contribution is 5.75. The van der Waals surface area contributed by atoms with E-state index >= 15 is 0 Å². The zero-order valence-electron chi connectivity index (χ0n) is 8.21. The lowest BCUT2D eigenvalue weighted by Gasteiger charge is -2.14. The van der Waals surface area contributed by atoms with Crippen molar-refractivity contribution in [2.24, 2.45) is 5.73 Å². The van der Waals surface area contributed by atoms with Crippen LogP contribution in [0.15, 0.2) is 0 Å². The highest BCUT2D eigenvalue weighted by atomic mass is 16.5. The lowest BCUT2D eigenvalue weighted by atomic mass is 10.1. The van der Waals surface area contributed by atoms with Gasteiger partial charge >= 0.3 is 5.97 Å². The van der Waals surface area contributed by atoms with E-state index < -0.39 is 0 Å². The van der Waals surface area contributed by atoms with Crippen molar-refractivity contribution >= 4 is 5.97 Å². The SMILES string of the molecule is COCNC(CCCN)C(=O)OC. The Kier molecular flexibility index (Phi) is 7.57. The molecule has 0 aliphatic heterocycles. The minimum atomic E-state index is -0.312. The van der Waals surface area contributed by atoms with Gasteiger partial charge in [-0.2, -0.15) is 0 Å². The molecule has 0 fully saturated rings. The third-order valence-electron chi connectivity index (χ3n) is 1.66. The van der Waals surface area contributed by atoms with Gasteiger partial charge in [-0.1, -0.05) is 0 Å².